The number of carbonyl (C=O) groups is 2. The summed E-state index contributed by atoms with van der Waals surface area (Å²) in [7, 11) is 0. The van der Waals surface area contributed by atoms with Crippen LogP contribution >= 0.6 is 0 Å². The van der Waals surface area contributed by atoms with Crippen LogP contribution in [0.3, 0.4) is 0 Å². The maximum absolute atomic E-state index is 13.1. The van der Waals surface area contributed by atoms with E-state index >= 15 is 0 Å². The van der Waals surface area contributed by atoms with E-state index in [0.29, 0.717) is 19.3 Å². The van der Waals surface area contributed by atoms with Crippen molar-refractivity contribution in [2.45, 2.75) is 219 Å². The molecule has 6 heteroatoms. The number of nitrogens with one attached hydrogen (secondary N) is 1. The van der Waals surface area contributed by atoms with Gasteiger partial charge in [-0.05, 0) is 57.4 Å². The Morgan fingerprint density at radius 1 is 0.561 bits per heavy atom. The van der Waals surface area contributed by atoms with Crippen LogP contribution in [-0.4, -0.2) is 46.9 Å². The number of amides is 1. The fourth-order valence-electron chi connectivity index (χ4n) is 6.53. The number of hydrogen-bond donors (Lipinski definition) is 3. The zero-order valence-corrected chi connectivity index (χ0v) is 36.9. The minimum absolute atomic E-state index is 0.0504. The zero-order valence-electron chi connectivity index (χ0n) is 36.9. The number of unbranched alkanes of at least 4 members (excludes halogenated alkanes) is 20. The van der Waals surface area contributed by atoms with Crippen LogP contribution in [0.1, 0.15) is 201 Å². The molecule has 326 valence electrons. The van der Waals surface area contributed by atoms with Crippen LogP contribution in [0, 0.1) is 0 Å². The zero-order chi connectivity index (χ0) is 41.7. The Labute approximate surface area is 351 Å². The monoisotopic (exact) mass is 794 g/mol. The van der Waals surface area contributed by atoms with Crippen molar-refractivity contribution in [1.82, 2.24) is 5.32 Å². The number of esters is 1. The minimum Gasteiger partial charge on any atom is -0.458 e. The van der Waals surface area contributed by atoms with Gasteiger partial charge in [-0.15, -0.1) is 0 Å². The first-order valence-electron chi connectivity index (χ1n) is 23.4. The molecule has 0 heterocycles. The molecule has 1 amide bonds. The first kappa shape index (κ1) is 54.0. The maximum Gasteiger partial charge on any atom is 0.306 e. The lowest BCUT2D eigenvalue weighted by Crippen LogP contribution is -2.46. The summed E-state index contributed by atoms with van der Waals surface area (Å²) >= 11 is 0. The molecule has 0 aromatic carbocycles. The summed E-state index contributed by atoms with van der Waals surface area (Å²) in [6, 6.07) is -0.744. The molecule has 0 saturated heterocycles. The fourth-order valence-corrected chi connectivity index (χ4v) is 6.53. The largest absolute Gasteiger partial charge is 0.458 e. The van der Waals surface area contributed by atoms with E-state index in [1.807, 2.05) is 54.7 Å². The van der Waals surface area contributed by atoms with Crippen LogP contribution in [-0.2, 0) is 14.3 Å². The van der Waals surface area contributed by atoms with Gasteiger partial charge in [0.05, 0.1) is 25.2 Å². The topological polar surface area (TPSA) is 95.9 Å². The van der Waals surface area contributed by atoms with Crippen LogP contribution in [0.2, 0.25) is 0 Å². The highest BCUT2D eigenvalue weighted by Crippen LogP contribution is 2.15. The standard InChI is InChI=1S/C51H87NO5/c1-4-7-10-13-16-19-22-24-25-26-29-32-35-38-41-44-51(56)57-47(42-39-36-33-30-27-21-18-15-12-9-6-3)45-50(55)52-48(46-53)49(54)43-40-37-34-31-28-23-20-17-14-11-8-5-2/h7,10,13,16,19,22,24-26,29-30,33,39,42,47-49,53-54H,4-6,8-9,11-12,14-15,17-18,20-21,23,27-28,31-32,34-38,40-41,43-46H2,1-3H3,(H,52,55)/b10-7+,16-13+,22-19-,25-24-,29-26+,33-30-,42-39+. The van der Waals surface area contributed by atoms with Gasteiger partial charge in [0.15, 0.2) is 0 Å². The Bertz CT molecular complexity index is 1120. The van der Waals surface area contributed by atoms with Gasteiger partial charge < -0.3 is 20.3 Å². The Morgan fingerprint density at radius 3 is 1.61 bits per heavy atom. The van der Waals surface area contributed by atoms with E-state index in [4.69, 9.17) is 4.74 Å². The Hall–Kier alpha value is -2.96. The smallest absolute Gasteiger partial charge is 0.306 e. The van der Waals surface area contributed by atoms with Gasteiger partial charge in [0, 0.05) is 6.42 Å². The molecule has 0 aromatic rings. The molecule has 3 N–H and O–H groups in total. The van der Waals surface area contributed by atoms with Gasteiger partial charge in [-0.1, -0.05) is 215 Å². The van der Waals surface area contributed by atoms with E-state index in [9.17, 15) is 19.8 Å². The minimum atomic E-state index is -0.821. The molecule has 0 fully saturated rings. The second-order valence-electron chi connectivity index (χ2n) is 15.5. The average Bonchev–Trinajstić information content (AvgIpc) is 3.20. The third-order valence-corrected chi connectivity index (χ3v) is 10.1. The maximum atomic E-state index is 13.1. The van der Waals surface area contributed by atoms with Crippen molar-refractivity contribution < 1.29 is 24.5 Å². The summed E-state index contributed by atoms with van der Waals surface area (Å²) in [4.78, 5) is 25.9. The van der Waals surface area contributed by atoms with Gasteiger partial charge in [0.25, 0.3) is 0 Å². The van der Waals surface area contributed by atoms with E-state index in [-0.39, 0.29) is 24.9 Å². The quantitative estimate of drug-likeness (QED) is 0.0248. The van der Waals surface area contributed by atoms with Gasteiger partial charge in [0.2, 0.25) is 5.91 Å². The van der Waals surface area contributed by atoms with Crippen LogP contribution in [0.25, 0.3) is 0 Å². The van der Waals surface area contributed by atoms with Crippen molar-refractivity contribution in [3.8, 4) is 0 Å². The predicted octanol–water partition coefficient (Wildman–Crippen LogP) is 13.6. The third kappa shape index (κ3) is 39.6. The van der Waals surface area contributed by atoms with Crippen LogP contribution < -0.4 is 5.32 Å². The number of ether oxygens (including phenoxy) is 1. The van der Waals surface area contributed by atoms with Crippen molar-refractivity contribution in [1.29, 1.82) is 0 Å². The Kier molecular flexibility index (Phi) is 41.9. The number of aliphatic hydroxyl groups excluding tert-OH is 2. The normalized spacial score (nSPS) is 14.1. The highest BCUT2D eigenvalue weighted by Gasteiger charge is 2.23. The first-order chi connectivity index (χ1) is 28.0. The molecule has 0 spiro atoms. The van der Waals surface area contributed by atoms with Crippen molar-refractivity contribution in [2.75, 3.05) is 6.61 Å². The lowest BCUT2D eigenvalue weighted by Gasteiger charge is -2.23. The summed E-state index contributed by atoms with van der Waals surface area (Å²) in [5, 5.41) is 23.6. The van der Waals surface area contributed by atoms with Crippen LogP contribution in [0.4, 0.5) is 0 Å². The average molecular weight is 794 g/mol. The fraction of sp³-hybridized carbons (Fsp3) is 0.686. The predicted molar refractivity (Wildman–Crippen MR) is 245 cm³/mol. The van der Waals surface area contributed by atoms with Gasteiger partial charge in [0.1, 0.15) is 6.10 Å². The number of allylic oxidation sites excluding steroid dienone is 13. The Morgan fingerprint density at radius 2 is 1.05 bits per heavy atom. The molecule has 3 atom stereocenters. The van der Waals surface area contributed by atoms with Gasteiger partial charge in [-0.3, -0.25) is 9.59 Å². The molecular formula is C51H87NO5. The lowest BCUT2D eigenvalue weighted by atomic mass is 10.0. The number of aliphatic hydroxyl groups is 2. The molecule has 0 aliphatic rings. The van der Waals surface area contributed by atoms with E-state index in [1.165, 1.54) is 96.3 Å². The molecule has 0 saturated carbocycles. The SMILES string of the molecule is CC/C=C/C=C/C=C\C=C/C=C/CCCCCC(=O)OC(/C=C/C/C=C\CCCCCCCC)CC(=O)NC(CO)C(O)CCCCCCCCCCCCCC. The van der Waals surface area contributed by atoms with E-state index < -0.39 is 18.2 Å². The first-order valence-corrected chi connectivity index (χ1v) is 23.4. The van der Waals surface area contributed by atoms with E-state index in [1.54, 1.807) is 6.08 Å². The summed E-state index contributed by atoms with van der Waals surface area (Å²) in [6.07, 6.45) is 56.7. The lowest BCUT2D eigenvalue weighted by molar-refractivity contribution is -0.148. The summed E-state index contributed by atoms with van der Waals surface area (Å²) in [5.41, 5.74) is 0. The van der Waals surface area contributed by atoms with Gasteiger partial charge in [-0.25, -0.2) is 0 Å². The molecule has 3 unspecified atom stereocenters. The van der Waals surface area contributed by atoms with E-state index in [2.05, 4.69) is 50.4 Å². The second-order valence-corrected chi connectivity index (χ2v) is 15.5. The number of carbonyl (C=O) groups excluding carboxylic acids is 2. The second kappa shape index (κ2) is 44.1. The van der Waals surface area contributed by atoms with Crippen molar-refractivity contribution in [2.24, 2.45) is 0 Å². The number of hydrogen-bond acceptors (Lipinski definition) is 5. The molecule has 0 aromatic heterocycles. The summed E-state index contributed by atoms with van der Waals surface area (Å²) in [6.45, 7) is 6.26. The molecule has 6 nitrogen and oxygen atoms in total. The third-order valence-electron chi connectivity index (χ3n) is 10.1. The van der Waals surface area contributed by atoms with Crippen molar-refractivity contribution in [3.05, 3.63) is 85.1 Å². The van der Waals surface area contributed by atoms with E-state index in [0.717, 1.165) is 57.8 Å². The van der Waals surface area contributed by atoms with Gasteiger partial charge >= 0.3 is 5.97 Å². The highest BCUT2D eigenvalue weighted by atomic mass is 16.5. The molecule has 0 aliphatic carbocycles. The molecule has 57 heavy (non-hydrogen) atoms. The molecular weight excluding hydrogens is 707 g/mol. The molecule has 0 rings (SSSR count). The van der Waals surface area contributed by atoms with Crippen LogP contribution in [0.15, 0.2) is 85.1 Å². The molecule has 0 bridgehead atoms. The highest BCUT2D eigenvalue weighted by molar-refractivity contribution is 5.78. The van der Waals surface area contributed by atoms with Crippen LogP contribution in [0.5, 0.6) is 0 Å². The Balaban J connectivity index is 4.76. The summed E-state index contributed by atoms with van der Waals surface area (Å²) < 4.78 is 5.78. The number of rotatable bonds is 40. The van der Waals surface area contributed by atoms with Gasteiger partial charge in [-0.2, -0.15) is 0 Å². The summed E-state index contributed by atoms with van der Waals surface area (Å²) in [5.74, 6) is -0.660. The molecule has 0 aliphatic heterocycles. The van der Waals surface area contributed by atoms with Crippen molar-refractivity contribution in [3.63, 3.8) is 0 Å². The molecule has 0 radical (unpaired) electrons. The van der Waals surface area contributed by atoms with Crippen molar-refractivity contribution >= 4 is 11.9 Å².